The molecule has 1 fully saturated rings. The van der Waals surface area contributed by atoms with Crippen molar-refractivity contribution in [2.24, 2.45) is 5.73 Å². The summed E-state index contributed by atoms with van der Waals surface area (Å²) in [6, 6.07) is 0.472. The van der Waals surface area contributed by atoms with Crippen LogP contribution in [-0.4, -0.2) is 29.7 Å². The van der Waals surface area contributed by atoms with Crippen LogP contribution in [-0.2, 0) is 0 Å². The van der Waals surface area contributed by atoms with E-state index in [1.54, 1.807) is 0 Å². The lowest BCUT2D eigenvalue weighted by Crippen LogP contribution is -2.29. The van der Waals surface area contributed by atoms with Crippen LogP contribution in [0.5, 0.6) is 0 Å². The van der Waals surface area contributed by atoms with Crippen molar-refractivity contribution < 1.29 is 4.52 Å². The third-order valence-electron chi connectivity index (χ3n) is 3.20. The number of likely N-dealkylation sites (tertiary alicyclic amines) is 1. The van der Waals surface area contributed by atoms with Crippen molar-refractivity contribution in [3.05, 3.63) is 17.0 Å². The Kier molecular flexibility index (Phi) is 3.07. The summed E-state index contributed by atoms with van der Waals surface area (Å²) in [5, 5.41) is 4.02. The fraction of sp³-hybridized carbons (Fsp3) is 0.727. The molecule has 0 spiro atoms. The van der Waals surface area contributed by atoms with Crippen molar-refractivity contribution in [1.29, 1.82) is 0 Å². The van der Waals surface area contributed by atoms with Crippen LogP contribution in [0.25, 0.3) is 0 Å². The van der Waals surface area contributed by atoms with Gasteiger partial charge in [0.25, 0.3) is 0 Å². The number of hydrogen-bond acceptors (Lipinski definition) is 4. The molecule has 0 radical (unpaired) electrons. The van der Waals surface area contributed by atoms with Gasteiger partial charge < -0.3 is 10.3 Å². The normalized spacial score (nSPS) is 22.5. The maximum Gasteiger partial charge on any atom is 0.138 e. The van der Waals surface area contributed by atoms with E-state index < -0.39 is 0 Å². The molecule has 1 aromatic rings. The smallest absolute Gasteiger partial charge is 0.138 e. The predicted octanol–water partition coefficient (Wildman–Crippen LogP) is 1.39. The highest BCUT2D eigenvalue weighted by molar-refractivity contribution is 5.26. The van der Waals surface area contributed by atoms with Crippen LogP contribution in [0.2, 0.25) is 0 Å². The third kappa shape index (κ3) is 1.92. The summed E-state index contributed by atoms with van der Waals surface area (Å²) in [7, 11) is 0. The fourth-order valence-electron chi connectivity index (χ4n) is 2.55. The van der Waals surface area contributed by atoms with Crippen LogP contribution >= 0.6 is 0 Å². The average Bonchev–Trinajstić information content (AvgIpc) is 2.75. The van der Waals surface area contributed by atoms with E-state index in [-0.39, 0.29) is 0 Å². The van der Waals surface area contributed by atoms with Crippen molar-refractivity contribution in [3.8, 4) is 0 Å². The molecule has 0 unspecified atom stereocenters. The molecule has 0 aliphatic carbocycles. The first-order valence-corrected chi connectivity index (χ1v) is 5.61. The molecule has 4 nitrogen and oxygen atoms in total. The van der Waals surface area contributed by atoms with Crippen LogP contribution in [0, 0.1) is 13.8 Å². The van der Waals surface area contributed by atoms with Crippen molar-refractivity contribution >= 4 is 0 Å². The van der Waals surface area contributed by atoms with Crippen LogP contribution in [0.1, 0.15) is 35.9 Å². The Bertz CT molecular complexity index is 315. The Morgan fingerprint density at radius 1 is 1.53 bits per heavy atom. The van der Waals surface area contributed by atoms with Gasteiger partial charge in [-0.25, -0.2) is 0 Å². The minimum absolute atomic E-state index is 0.472. The number of nitrogens with two attached hydrogens (primary N) is 1. The summed E-state index contributed by atoms with van der Waals surface area (Å²) >= 11 is 0. The van der Waals surface area contributed by atoms with Crippen molar-refractivity contribution in [3.63, 3.8) is 0 Å². The van der Waals surface area contributed by atoms with Crippen molar-refractivity contribution in [2.45, 2.75) is 32.7 Å². The zero-order chi connectivity index (χ0) is 10.8. The second kappa shape index (κ2) is 4.33. The van der Waals surface area contributed by atoms with Gasteiger partial charge in [-0.15, -0.1) is 0 Å². The molecule has 1 atom stereocenters. The van der Waals surface area contributed by atoms with E-state index in [1.807, 2.05) is 13.8 Å². The molecule has 1 saturated heterocycles. The van der Waals surface area contributed by atoms with Gasteiger partial charge >= 0.3 is 0 Å². The summed E-state index contributed by atoms with van der Waals surface area (Å²) in [5.41, 5.74) is 7.93. The molecule has 1 aliphatic rings. The van der Waals surface area contributed by atoms with Crippen LogP contribution < -0.4 is 5.73 Å². The summed E-state index contributed by atoms with van der Waals surface area (Å²) < 4.78 is 5.23. The minimum Gasteiger partial charge on any atom is -0.361 e. The molecule has 0 aromatic carbocycles. The van der Waals surface area contributed by atoms with Crippen LogP contribution in [0.4, 0.5) is 0 Å². The van der Waals surface area contributed by atoms with Gasteiger partial charge in [0.2, 0.25) is 0 Å². The molecule has 84 valence electrons. The maximum atomic E-state index is 5.62. The summed E-state index contributed by atoms with van der Waals surface area (Å²) in [4.78, 5) is 2.44. The molecule has 2 N–H and O–H groups in total. The number of hydrogen-bond donors (Lipinski definition) is 1. The Labute approximate surface area is 90.4 Å². The van der Waals surface area contributed by atoms with E-state index in [2.05, 4.69) is 10.1 Å². The topological polar surface area (TPSA) is 55.3 Å². The van der Waals surface area contributed by atoms with Crippen LogP contribution in [0.15, 0.2) is 4.52 Å². The second-order valence-corrected chi connectivity index (χ2v) is 4.22. The highest BCUT2D eigenvalue weighted by atomic mass is 16.5. The lowest BCUT2D eigenvalue weighted by atomic mass is 10.0. The molecule has 0 bridgehead atoms. The first kappa shape index (κ1) is 10.6. The summed E-state index contributed by atoms with van der Waals surface area (Å²) in [6.45, 7) is 6.85. The standard InChI is InChI=1S/C11H19N3O/c1-8-11(9(2)15-13-8)10-4-3-6-14(10)7-5-12/h10H,3-7,12H2,1-2H3/t10-/m1/s1. The van der Waals surface area contributed by atoms with Gasteiger partial charge in [-0.3, -0.25) is 4.90 Å². The molecule has 1 aliphatic heterocycles. The molecule has 0 amide bonds. The summed E-state index contributed by atoms with van der Waals surface area (Å²) in [6.07, 6.45) is 2.44. The van der Waals surface area contributed by atoms with E-state index in [1.165, 1.54) is 18.4 Å². The Morgan fingerprint density at radius 2 is 2.33 bits per heavy atom. The number of nitrogens with zero attached hydrogens (tertiary/aromatic N) is 2. The molecular formula is C11H19N3O. The zero-order valence-corrected chi connectivity index (χ0v) is 9.49. The maximum absolute atomic E-state index is 5.62. The highest BCUT2D eigenvalue weighted by Gasteiger charge is 2.29. The lowest BCUT2D eigenvalue weighted by molar-refractivity contribution is 0.261. The first-order valence-electron chi connectivity index (χ1n) is 5.61. The lowest BCUT2D eigenvalue weighted by Gasteiger charge is -2.23. The van der Waals surface area contributed by atoms with Gasteiger partial charge in [0.1, 0.15) is 5.76 Å². The molecular weight excluding hydrogens is 190 g/mol. The van der Waals surface area contributed by atoms with E-state index >= 15 is 0 Å². The third-order valence-corrected chi connectivity index (χ3v) is 3.20. The average molecular weight is 209 g/mol. The van der Waals surface area contributed by atoms with Gasteiger partial charge in [-0.1, -0.05) is 5.16 Å². The SMILES string of the molecule is Cc1noc(C)c1[C@H]1CCCN1CCN. The van der Waals surface area contributed by atoms with Gasteiger partial charge in [0.15, 0.2) is 0 Å². The van der Waals surface area contributed by atoms with E-state index in [4.69, 9.17) is 10.3 Å². The van der Waals surface area contributed by atoms with Crippen molar-refractivity contribution in [2.75, 3.05) is 19.6 Å². The second-order valence-electron chi connectivity index (χ2n) is 4.22. The Morgan fingerprint density at radius 3 is 2.93 bits per heavy atom. The molecule has 2 heterocycles. The number of aryl methyl sites for hydroxylation is 2. The predicted molar refractivity (Wildman–Crippen MR) is 58.6 cm³/mol. The Balaban J connectivity index is 2.22. The molecule has 2 rings (SSSR count). The molecule has 4 heteroatoms. The molecule has 0 saturated carbocycles. The zero-order valence-electron chi connectivity index (χ0n) is 9.49. The molecule has 1 aromatic heterocycles. The summed E-state index contributed by atoms with van der Waals surface area (Å²) in [5.74, 6) is 0.960. The van der Waals surface area contributed by atoms with Gasteiger partial charge in [0.05, 0.1) is 5.69 Å². The van der Waals surface area contributed by atoms with Gasteiger partial charge in [-0.05, 0) is 33.2 Å². The Hall–Kier alpha value is -0.870. The first-order chi connectivity index (χ1) is 7.24. The fourth-order valence-corrected chi connectivity index (χ4v) is 2.55. The van der Waals surface area contributed by atoms with E-state index in [0.29, 0.717) is 6.04 Å². The van der Waals surface area contributed by atoms with E-state index in [9.17, 15) is 0 Å². The van der Waals surface area contributed by atoms with E-state index in [0.717, 1.165) is 31.1 Å². The highest BCUT2D eigenvalue weighted by Crippen LogP contribution is 2.34. The van der Waals surface area contributed by atoms with Gasteiger partial charge in [0, 0.05) is 24.7 Å². The van der Waals surface area contributed by atoms with Gasteiger partial charge in [-0.2, -0.15) is 0 Å². The quantitative estimate of drug-likeness (QED) is 0.817. The molecule has 15 heavy (non-hydrogen) atoms. The largest absolute Gasteiger partial charge is 0.361 e. The number of aromatic nitrogens is 1. The van der Waals surface area contributed by atoms with Crippen LogP contribution in [0.3, 0.4) is 0 Å². The van der Waals surface area contributed by atoms with Crippen molar-refractivity contribution in [1.82, 2.24) is 10.1 Å². The monoisotopic (exact) mass is 209 g/mol. The minimum atomic E-state index is 0.472. The number of rotatable bonds is 3.